The third-order valence-electron chi connectivity index (χ3n) is 4.23. The summed E-state index contributed by atoms with van der Waals surface area (Å²) in [7, 11) is 0. The number of hydrogen-bond donors (Lipinski definition) is 1. The Balaban J connectivity index is 1.91. The maximum atomic E-state index is 12.1. The van der Waals surface area contributed by atoms with E-state index in [1.807, 2.05) is 0 Å². The monoisotopic (exact) mass is 236 g/mol. The highest BCUT2D eigenvalue weighted by Crippen LogP contribution is 2.40. The molecule has 0 aromatic heterocycles. The Morgan fingerprint density at radius 1 is 1.35 bits per heavy atom. The van der Waals surface area contributed by atoms with Crippen LogP contribution in [0.1, 0.15) is 39.0 Å². The van der Waals surface area contributed by atoms with Gasteiger partial charge in [-0.3, -0.25) is 4.79 Å². The highest BCUT2D eigenvalue weighted by molar-refractivity contribution is 5.85. The molecule has 1 aliphatic carbocycles. The summed E-state index contributed by atoms with van der Waals surface area (Å²) in [6.07, 6.45) is 4.65. The number of nitriles is 1. The topological polar surface area (TPSA) is 62.1 Å². The van der Waals surface area contributed by atoms with Crippen LogP contribution in [-0.4, -0.2) is 25.7 Å². The van der Waals surface area contributed by atoms with E-state index in [1.54, 1.807) is 0 Å². The third-order valence-corrected chi connectivity index (χ3v) is 4.23. The first-order valence-corrected chi connectivity index (χ1v) is 6.38. The van der Waals surface area contributed by atoms with Crippen molar-refractivity contribution in [1.82, 2.24) is 5.32 Å². The molecule has 0 aromatic carbocycles. The zero-order valence-corrected chi connectivity index (χ0v) is 10.4. The molecule has 1 amide bonds. The highest BCUT2D eigenvalue weighted by Gasteiger charge is 2.41. The number of carbonyl (C=O) groups excluding carboxylic acids is 1. The lowest BCUT2D eigenvalue weighted by Gasteiger charge is -2.39. The van der Waals surface area contributed by atoms with Crippen molar-refractivity contribution in [2.45, 2.75) is 39.0 Å². The van der Waals surface area contributed by atoms with Crippen LogP contribution in [0.4, 0.5) is 0 Å². The minimum Gasteiger partial charge on any atom is -0.381 e. The van der Waals surface area contributed by atoms with E-state index < -0.39 is 5.41 Å². The van der Waals surface area contributed by atoms with E-state index in [0.29, 0.717) is 32.6 Å². The van der Waals surface area contributed by atoms with Crippen LogP contribution in [0.25, 0.3) is 0 Å². The Bertz CT molecular complexity index is 336. The highest BCUT2D eigenvalue weighted by atomic mass is 16.5. The average molecular weight is 236 g/mol. The van der Waals surface area contributed by atoms with Crippen LogP contribution >= 0.6 is 0 Å². The van der Waals surface area contributed by atoms with Crippen LogP contribution in [0.2, 0.25) is 0 Å². The molecule has 0 radical (unpaired) electrons. The maximum Gasteiger partial charge on any atom is 0.240 e. The predicted octanol–water partition coefficient (Wildman–Crippen LogP) is 1.61. The van der Waals surface area contributed by atoms with Crippen LogP contribution in [0.15, 0.2) is 0 Å². The summed E-state index contributed by atoms with van der Waals surface area (Å²) in [6, 6.07) is 2.20. The van der Waals surface area contributed by atoms with E-state index >= 15 is 0 Å². The van der Waals surface area contributed by atoms with Gasteiger partial charge in [-0.25, -0.2) is 0 Å². The summed E-state index contributed by atoms with van der Waals surface area (Å²) < 4.78 is 5.22. The molecule has 2 rings (SSSR count). The van der Waals surface area contributed by atoms with Gasteiger partial charge < -0.3 is 10.1 Å². The molecule has 94 valence electrons. The molecule has 2 aliphatic rings. The second-order valence-corrected chi connectivity index (χ2v) is 5.65. The summed E-state index contributed by atoms with van der Waals surface area (Å²) in [5.74, 6) is -0.101. The van der Waals surface area contributed by atoms with Gasteiger partial charge in [-0.15, -0.1) is 0 Å². The van der Waals surface area contributed by atoms with E-state index in [0.717, 1.165) is 0 Å². The minimum absolute atomic E-state index is 0.101. The first kappa shape index (κ1) is 12.4. The van der Waals surface area contributed by atoms with E-state index in [2.05, 4.69) is 18.3 Å². The average Bonchev–Trinajstić information content (AvgIpc) is 2.34. The number of ether oxygens (including phenoxy) is 1. The van der Waals surface area contributed by atoms with Gasteiger partial charge in [0.05, 0.1) is 6.07 Å². The van der Waals surface area contributed by atoms with Gasteiger partial charge in [-0.2, -0.15) is 5.26 Å². The molecule has 0 bridgehead atoms. The number of amides is 1. The molecule has 17 heavy (non-hydrogen) atoms. The van der Waals surface area contributed by atoms with Crippen molar-refractivity contribution >= 4 is 5.91 Å². The number of nitrogens with zero attached hydrogens (tertiary/aromatic N) is 1. The van der Waals surface area contributed by atoms with Gasteiger partial charge in [0.1, 0.15) is 5.41 Å². The maximum absolute atomic E-state index is 12.1. The van der Waals surface area contributed by atoms with Crippen LogP contribution in [-0.2, 0) is 9.53 Å². The molecule has 2 fully saturated rings. The van der Waals surface area contributed by atoms with Gasteiger partial charge in [0.25, 0.3) is 0 Å². The largest absolute Gasteiger partial charge is 0.381 e. The fourth-order valence-corrected chi connectivity index (χ4v) is 2.53. The third kappa shape index (κ3) is 2.44. The summed E-state index contributed by atoms with van der Waals surface area (Å²) in [4.78, 5) is 12.1. The van der Waals surface area contributed by atoms with Crippen molar-refractivity contribution in [3.8, 4) is 6.07 Å². The smallest absolute Gasteiger partial charge is 0.240 e. The second-order valence-electron chi connectivity index (χ2n) is 5.65. The lowest BCUT2D eigenvalue weighted by molar-refractivity contribution is -0.133. The van der Waals surface area contributed by atoms with Crippen LogP contribution in [0.5, 0.6) is 0 Å². The molecular weight excluding hydrogens is 216 g/mol. The summed E-state index contributed by atoms with van der Waals surface area (Å²) in [6.45, 7) is 3.92. The Morgan fingerprint density at radius 3 is 2.47 bits per heavy atom. The zero-order valence-electron chi connectivity index (χ0n) is 10.4. The lowest BCUT2D eigenvalue weighted by atomic mass is 9.70. The quantitative estimate of drug-likeness (QED) is 0.809. The number of hydrogen-bond acceptors (Lipinski definition) is 3. The normalized spacial score (nSPS) is 25.4. The van der Waals surface area contributed by atoms with Gasteiger partial charge in [0.2, 0.25) is 5.91 Å². The molecule has 4 heteroatoms. The van der Waals surface area contributed by atoms with E-state index in [1.165, 1.54) is 19.3 Å². The van der Waals surface area contributed by atoms with Crippen molar-refractivity contribution in [3.63, 3.8) is 0 Å². The summed E-state index contributed by atoms with van der Waals surface area (Å²) >= 11 is 0. The molecule has 1 saturated carbocycles. The Labute approximate surface area is 102 Å². The lowest BCUT2D eigenvalue weighted by Crippen LogP contribution is -2.48. The Morgan fingerprint density at radius 2 is 2.00 bits per heavy atom. The molecule has 0 spiro atoms. The molecular formula is C13H20N2O2. The van der Waals surface area contributed by atoms with Gasteiger partial charge in [-0.1, -0.05) is 13.3 Å². The summed E-state index contributed by atoms with van der Waals surface area (Å²) in [5, 5.41) is 12.2. The molecule has 0 unspecified atom stereocenters. The van der Waals surface area contributed by atoms with Crippen molar-refractivity contribution in [2.24, 2.45) is 10.8 Å². The van der Waals surface area contributed by atoms with Gasteiger partial charge in [0, 0.05) is 19.8 Å². The zero-order chi connectivity index (χ0) is 12.4. The predicted molar refractivity (Wildman–Crippen MR) is 63.1 cm³/mol. The van der Waals surface area contributed by atoms with Gasteiger partial charge in [0.15, 0.2) is 0 Å². The second kappa shape index (κ2) is 4.66. The van der Waals surface area contributed by atoms with Crippen LogP contribution < -0.4 is 5.32 Å². The molecule has 1 saturated heterocycles. The first-order chi connectivity index (χ1) is 8.10. The molecule has 1 heterocycles. The van der Waals surface area contributed by atoms with Crippen molar-refractivity contribution in [2.75, 3.05) is 19.8 Å². The van der Waals surface area contributed by atoms with Crippen molar-refractivity contribution in [1.29, 1.82) is 5.26 Å². The first-order valence-electron chi connectivity index (χ1n) is 6.38. The minimum atomic E-state index is -0.849. The summed E-state index contributed by atoms with van der Waals surface area (Å²) in [5.41, 5.74) is -0.587. The molecule has 1 N–H and O–H groups in total. The SMILES string of the molecule is CC1(CNC(=O)C2(C#N)CCOCC2)CCC1. The van der Waals surface area contributed by atoms with Crippen LogP contribution in [0, 0.1) is 22.2 Å². The number of rotatable bonds is 3. The number of carbonyl (C=O) groups is 1. The van der Waals surface area contributed by atoms with E-state index in [-0.39, 0.29) is 11.3 Å². The molecule has 4 nitrogen and oxygen atoms in total. The standard InChI is InChI=1S/C13H20N2O2/c1-12(3-2-4-12)10-15-11(16)13(9-14)5-7-17-8-6-13/h2-8,10H2,1H3,(H,15,16). The molecule has 0 aromatic rings. The Hall–Kier alpha value is -1.08. The fourth-order valence-electron chi connectivity index (χ4n) is 2.53. The van der Waals surface area contributed by atoms with Gasteiger partial charge >= 0.3 is 0 Å². The fraction of sp³-hybridized carbons (Fsp3) is 0.846. The van der Waals surface area contributed by atoms with E-state index in [4.69, 9.17) is 4.74 Å². The number of nitrogens with one attached hydrogen (secondary N) is 1. The van der Waals surface area contributed by atoms with Crippen molar-refractivity contribution in [3.05, 3.63) is 0 Å². The van der Waals surface area contributed by atoms with E-state index in [9.17, 15) is 10.1 Å². The van der Waals surface area contributed by atoms with Gasteiger partial charge in [-0.05, 0) is 31.1 Å². The Kier molecular flexibility index (Phi) is 3.39. The van der Waals surface area contributed by atoms with Crippen LogP contribution in [0.3, 0.4) is 0 Å². The van der Waals surface area contributed by atoms with Crippen molar-refractivity contribution < 1.29 is 9.53 Å². The molecule has 1 aliphatic heterocycles. The molecule has 0 atom stereocenters.